The molecule has 0 radical (unpaired) electrons. The van der Waals surface area contributed by atoms with Crippen LogP contribution >= 0.6 is 11.6 Å². The van der Waals surface area contributed by atoms with E-state index in [2.05, 4.69) is 76.5 Å². The minimum absolute atomic E-state index is 0.0211. The number of benzene rings is 3. The van der Waals surface area contributed by atoms with Gasteiger partial charge in [-0.05, 0) is 47.7 Å². The Morgan fingerprint density at radius 2 is 1.38 bits per heavy atom. The van der Waals surface area contributed by atoms with Gasteiger partial charge in [0.15, 0.2) is 5.76 Å². The molecule has 3 aromatic carbocycles. The van der Waals surface area contributed by atoms with Crippen LogP contribution in [0, 0.1) is 0 Å². The predicted molar refractivity (Wildman–Crippen MR) is 168 cm³/mol. The number of furan rings is 1. The zero-order chi connectivity index (χ0) is 28.7. The third-order valence-corrected chi connectivity index (χ3v) is 9.22. The first-order chi connectivity index (χ1) is 20.7. The number of nitrogens with zero attached hydrogens (tertiary/aromatic N) is 3. The Hall–Kier alpha value is -3.38. The lowest BCUT2D eigenvalue weighted by Crippen LogP contribution is -2.49. The largest absolute Gasteiger partial charge is 0.455 e. The molecule has 0 N–H and O–H groups in total. The quantitative estimate of drug-likeness (QED) is 0.202. The molecular formula is C36H40ClN3O2. The first-order valence-electron chi connectivity index (χ1n) is 15.3. The van der Waals surface area contributed by atoms with Crippen LogP contribution in [0.4, 0.5) is 0 Å². The minimum atomic E-state index is -0.0211. The maximum atomic E-state index is 13.5. The molecule has 2 aliphatic rings. The van der Waals surface area contributed by atoms with E-state index >= 15 is 0 Å². The van der Waals surface area contributed by atoms with E-state index in [4.69, 9.17) is 16.0 Å². The van der Waals surface area contributed by atoms with E-state index < -0.39 is 0 Å². The van der Waals surface area contributed by atoms with Crippen molar-refractivity contribution in [2.75, 3.05) is 26.2 Å². The summed E-state index contributed by atoms with van der Waals surface area (Å²) in [6.07, 6.45) is 6.20. The summed E-state index contributed by atoms with van der Waals surface area (Å²) in [4.78, 5) is 20.4. The highest BCUT2D eigenvalue weighted by atomic mass is 35.5. The fraction of sp³-hybridized carbons (Fsp3) is 0.361. The number of carbonyl (C=O) groups is 1. The number of hydrogen-bond acceptors (Lipinski definition) is 4. The van der Waals surface area contributed by atoms with E-state index in [9.17, 15) is 4.79 Å². The van der Waals surface area contributed by atoms with Crippen LogP contribution in [-0.2, 0) is 13.1 Å². The SMILES string of the molecule is O=C(c1ccc(CN(Cc2ccccc2Cl)C2CCCCC2)o1)N1CCN(C(c2ccccc2)c2ccccc2)CC1. The van der Waals surface area contributed by atoms with Crippen molar-refractivity contribution in [1.29, 1.82) is 0 Å². The van der Waals surface area contributed by atoms with Gasteiger partial charge in [0, 0.05) is 43.8 Å². The Morgan fingerprint density at radius 3 is 2.02 bits per heavy atom. The summed E-state index contributed by atoms with van der Waals surface area (Å²) < 4.78 is 6.22. The summed E-state index contributed by atoms with van der Waals surface area (Å²) in [6.45, 7) is 4.41. The zero-order valence-electron chi connectivity index (χ0n) is 24.2. The molecule has 1 saturated heterocycles. The molecule has 1 saturated carbocycles. The molecule has 6 heteroatoms. The monoisotopic (exact) mass is 581 g/mol. The number of piperazine rings is 1. The Balaban J connectivity index is 1.11. The van der Waals surface area contributed by atoms with Crippen molar-refractivity contribution in [2.24, 2.45) is 0 Å². The number of halogens is 1. The maximum Gasteiger partial charge on any atom is 0.289 e. The van der Waals surface area contributed by atoms with E-state index in [1.807, 2.05) is 35.2 Å². The second-order valence-corrected chi connectivity index (χ2v) is 12.0. The van der Waals surface area contributed by atoms with Gasteiger partial charge in [0.25, 0.3) is 5.91 Å². The summed E-state index contributed by atoms with van der Waals surface area (Å²) in [5, 5.41) is 0.800. The van der Waals surface area contributed by atoms with Crippen molar-refractivity contribution in [3.8, 4) is 0 Å². The zero-order valence-corrected chi connectivity index (χ0v) is 25.0. The van der Waals surface area contributed by atoms with Gasteiger partial charge in [0.05, 0.1) is 12.6 Å². The summed E-state index contributed by atoms with van der Waals surface area (Å²) in [6, 6.07) is 33.9. The van der Waals surface area contributed by atoms with Gasteiger partial charge in [-0.15, -0.1) is 0 Å². The van der Waals surface area contributed by atoms with Gasteiger partial charge < -0.3 is 9.32 Å². The molecule has 6 rings (SSSR count). The first kappa shape index (κ1) is 28.7. The number of hydrogen-bond donors (Lipinski definition) is 0. The van der Waals surface area contributed by atoms with Crippen molar-refractivity contribution in [1.82, 2.24) is 14.7 Å². The number of carbonyl (C=O) groups excluding carboxylic acids is 1. The van der Waals surface area contributed by atoms with Gasteiger partial charge in [-0.2, -0.15) is 0 Å². The third kappa shape index (κ3) is 6.81. The molecule has 2 heterocycles. The molecule has 2 fully saturated rings. The van der Waals surface area contributed by atoms with Crippen LogP contribution in [-0.4, -0.2) is 52.8 Å². The van der Waals surface area contributed by atoms with E-state index in [1.165, 1.54) is 43.2 Å². The Bertz CT molecular complexity index is 1390. The van der Waals surface area contributed by atoms with Gasteiger partial charge in [-0.1, -0.05) is 110 Å². The maximum absolute atomic E-state index is 13.5. The number of rotatable bonds is 9. The van der Waals surface area contributed by atoms with Crippen molar-refractivity contribution < 1.29 is 9.21 Å². The summed E-state index contributed by atoms with van der Waals surface area (Å²) >= 11 is 6.54. The van der Waals surface area contributed by atoms with Crippen molar-refractivity contribution >= 4 is 17.5 Å². The molecular weight excluding hydrogens is 542 g/mol. The normalized spacial score (nSPS) is 16.8. The molecule has 1 aliphatic heterocycles. The highest BCUT2D eigenvalue weighted by Crippen LogP contribution is 2.31. The average molecular weight is 582 g/mol. The van der Waals surface area contributed by atoms with E-state index in [0.717, 1.165) is 36.0 Å². The fourth-order valence-corrected chi connectivity index (χ4v) is 6.80. The number of amides is 1. The highest BCUT2D eigenvalue weighted by molar-refractivity contribution is 6.31. The molecule has 0 bridgehead atoms. The molecule has 0 unspecified atom stereocenters. The van der Waals surface area contributed by atoms with Crippen LogP contribution in [0.5, 0.6) is 0 Å². The van der Waals surface area contributed by atoms with Crippen LogP contribution < -0.4 is 0 Å². The molecule has 5 nitrogen and oxygen atoms in total. The summed E-state index contributed by atoms with van der Waals surface area (Å²) in [5.41, 5.74) is 3.69. The second-order valence-electron chi connectivity index (χ2n) is 11.6. The predicted octanol–water partition coefficient (Wildman–Crippen LogP) is 7.82. The summed E-state index contributed by atoms with van der Waals surface area (Å²) in [5.74, 6) is 1.25. The highest BCUT2D eigenvalue weighted by Gasteiger charge is 2.30. The van der Waals surface area contributed by atoms with Gasteiger partial charge >= 0.3 is 0 Å². The Kier molecular flexibility index (Phi) is 9.39. The Morgan fingerprint density at radius 1 is 0.762 bits per heavy atom. The molecule has 218 valence electrons. The lowest BCUT2D eigenvalue weighted by Gasteiger charge is -2.39. The van der Waals surface area contributed by atoms with Crippen molar-refractivity contribution in [2.45, 2.75) is 57.3 Å². The van der Waals surface area contributed by atoms with Crippen LogP contribution in [0.15, 0.2) is 101 Å². The summed E-state index contributed by atoms with van der Waals surface area (Å²) in [7, 11) is 0. The van der Waals surface area contributed by atoms with Crippen LogP contribution in [0.25, 0.3) is 0 Å². The van der Waals surface area contributed by atoms with E-state index in [0.29, 0.717) is 31.4 Å². The standard InChI is InChI=1S/C36H40ClN3O2/c37-33-19-11-10-16-30(33)26-40(31-17-8-3-9-18-31)27-32-20-21-34(42-32)36(41)39-24-22-38(23-25-39)35(28-12-4-1-5-13-28)29-14-6-2-7-15-29/h1-2,4-7,10-16,19-21,31,35H,3,8-9,17-18,22-27H2. The Labute approximate surface area is 254 Å². The molecule has 1 aromatic heterocycles. The van der Waals surface area contributed by atoms with Gasteiger partial charge in [-0.25, -0.2) is 0 Å². The third-order valence-electron chi connectivity index (χ3n) is 8.85. The van der Waals surface area contributed by atoms with Gasteiger partial charge in [0.2, 0.25) is 0 Å². The van der Waals surface area contributed by atoms with Crippen molar-refractivity contribution in [3.05, 3.63) is 130 Å². The molecule has 1 amide bonds. The smallest absolute Gasteiger partial charge is 0.289 e. The molecule has 0 atom stereocenters. The lowest BCUT2D eigenvalue weighted by atomic mass is 9.93. The topological polar surface area (TPSA) is 39.9 Å². The van der Waals surface area contributed by atoms with Crippen molar-refractivity contribution in [3.63, 3.8) is 0 Å². The molecule has 42 heavy (non-hydrogen) atoms. The van der Waals surface area contributed by atoms with Crippen LogP contribution in [0.3, 0.4) is 0 Å². The first-order valence-corrected chi connectivity index (χ1v) is 15.7. The van der Waals surface area contributed by atoms with Gasteiger partial charge in [0.1, 0.15) is 5.76 Å². The fourth-order valence-electron chi connectivity index (χ4n) is 6.61. The van der Waals surface area contributed by atoms with Crippen LogP contribution in [0.2, 0.25) is 5.02 Å². The van der Waals surface area contributed by atoms with E-state index in [-0.39, 0.29) is 11.9 Å². The molecule has 1 aliphatic carbocycles. The average Bonchev–Trinajstić information content (AvgIpc) is 3.52. The van der Waals surface area contributed by atoms with E-state index in [1.54, 1.807) is 0 Å². The lowest BCUT2D eigenvalue weighted by molar-refractivity contribution is 0.0562. The second kappa shape index (κ2) is 13.7. The minimum Gasteiger partial charge on any atom is -0.455 e. The molecule has 4 aromatic rings. The van der Waals surface area contributed by atoms with Gasteiger partial charge in [-0.3, -0.25) is 14.6 Å². The molecule has 0 spiro atoms. The van der Waals surface area contributed by atoms with Crippen LogP contribution in [0.1, 0.15) is 71.2 Å².